The number of nitrogens with zero attached hydrogens (tertiary/aromatic N) is 1. The molecule has 25 heavy (non-hydrogen) atoms. The van der Waals surface area contributed by atoms with Crippen molar-refractivity contribution < 1.29 is 19.1 Å². The van der Waals surface area contributed by atoms with Crippen molar-refractivity contribution >= 4 is 23.4 Å². The molecule has 2 atom stereocenters. The number of anilines is 1. The number of benzene rings is 1. The fourth-order valence-electron chi connectivity index (χ4n) is 3.49. The Morgan fingerprint density at radius 2 is 2.20 bits per heavy atom. The summed E-state index contributed by atoms with van der Waals surface area (Å²) in [6.45, 7) is 3.30. The number of ether oxygens (including phenoxy) is 1. The number of rotatable bonds is 2. The second kappa shape index (κ2) is 6.36. The summed E-state index contributed by atoms with van der Waals surface area (Å²) in [5.41, 5.74) is 1.44. The SMILES string of the molecule is O=C1CC[C@H](NC(=O)c2ccc3c(c2)OC[C@H]2CNCCN32)C(=O)N1. The maximum absolute atomic E-state index is 12.5. The van der Waals surface area contributed by atoms with Crippen molar-refractivity contribution in [1.82, 2.24) is 16.0 Å². The van der Waals surface area contributed by atoms with Gasteiger partial charge in [0.05, 0.1) is 11.7 Å². The largest absolute Gasteiger partial charge is 0.489 e. The van der Waals surface area contributed by atoms with Crippen LogP contribution in [-0.4, -0.2) is 56.0 Å². The van der Waals surface area contributed by atoms with E-state index < -0.39 is 11.9 Å². The van der Waals surface area contributed by atoms with E-state index in [-0.39, 0.29) is 18.2 Å². The second-order valence-electron chi connectivity index (χ2n) is 6.52. The van der Waals surface area contributed by atoms with E-state index in [1.165, 1.54) is 0 Å². The monoisotopic (exact) mass is 344 g/mol. The van der Waals surface area contributed by atoms with Crippen molar-refractivity contribution in [3.05, 3.63) is 23.8 Å². The molecule has 3 N–H and O–H groups in total. The van der Waals surface area contributed by atoms with Gasteiger partial charge < -0.3 is 20.3 Å². The molecule has 2 fully saturated rings. The molecule has 3 aliphatic heterocycles. The molecule has 0 spiro atoms. The normalized spacial score (nSPS) is 25.4. The van der Waals surface area contributed by atoms with Crippen LogP contribution in [0.25, 0.3) is 0 Å². The Morgan fingerprint density at radius 1 is 1.32 bits per heavy atom. The number of amides is 3. The summed E-state index contributed by atoms with van der Waals surface area (Å²) in [5, 5.41) is 8.27. The first-order valence-electron chi connectivity index (χ1n) is 8.50. The minimum Gasteiger partial charge on any atom is -0.489 e. The molecule has 0 radical (unpaired) electrons. The molecule has 4 rings (SSSR count). The van der Waals surface area contributed by atoms with E-state index in [0.29, 0.717) is 30.4 Å². The van der Waals surface area contributed by atoms with Crippen LogP contribution in [0.4, 0.5) is 5.69 Å². The summed E-state index contributed by atoms with van der Waals surface area (Å²) in [4.78, 5) is 37.7. The number of fused-ring (bicyclic) bond motifs is 3. The average molecular weight is 344 g/mol. The topological polar surface area (TPSA) is 99.8 Å². The predicted octanol–water partition coefficient (Wildman–Crippen LogP) is -0.608. The molecule has 0 aliphatic carbocycles. The number of carbonyl (C=O) groups is 3. The van der Waals surface area contributed by atoms with E-state index in [0.717, 1.165) is 25.3 Å². The maximum Gasteiger partial charge on any atom is 0.252 e. The van der Waals surface area contributed by atoms with Gasteiger partial charge >= 0.3 is 0 Å². The summed E-state index contributed by atoms with van der Waals surface area (Å²) in [6, 6.07) is 4.98. The van der Waals surface area contributed by atoms with Gasteiger partial charge in [0.2, 0.25) is 11.8 Å². The minimum absolute atomic E-state index is 0.231. The fraction of sp³-hybridized carbons (Fsp3) is 0.471. The van der Waals surface area contributed by atoms with E-state index in [9.17, 15) is 14.4 Å². The van der Waals surface area contributed by atoms with Crippen LogP contribution in [0.15, 0.2) is 18.2 Å². The number of nitrogens with one attached hydrogen (secondary N) is 3. The van der Waals surface area contributed by atoms with Gasteiger partial charge in [-0.3, -0.25) is 19.7 Å². The van der Waals surface area contributed by atoms with Gasteiger partial charge in [0, 0.05) is 31.6 Å². The Morgan fingerprint density at radius 3 is 3.04 bits per heavy atom. The molecule has 3 heterocycles. The van der Waals surface area contributed by atoms with Gasteiger partial charge in [-0.05, 0) is 24.6 Å². The smallest absolute Gasteiger partial charge is 0.252 e. The third kappa shape index (κ3) is 3.05. The van der Waals surface area contributed by atoms with Crippen LogP contribution in [0.1, 0.15) is 23.2 Å². The molecule has 0 aromatic heterocycles. The average Bonchev–Trinajstić information content (AvgIpc) is 2.63. The van der Waals surface area contributed by atoms with E-state index in [1.54, 1.807) is 12.1 Å². The third-order valence-electron chi connectivity index (χ3n) is 4.86. The maximum atomic E-state index is 12.5. The highest BCUT2D eigenvalue weighted by Gasteiger charge is 2.31. The van der Waals surface area contributed by atoms with Crippen molar-refractivity contribution in [2.75, 3.05) is 31.1 Å². The van der Waals surface area contributed by atoms with Crippen LogP contribution in [0.5, 0.6) is 5.75 Å². The number of piperazine rings is 1. The number of hydrogen-bond acceptors (Lipinski definition) is 6. The standard InChI is InChI=1S/C17H20N4O4/c22-15-4-2-12(17(24)20-15)19-16(23)10-1-3-13-14(7-10)25-9-11-8-18-5-6-21(11)13/h1,3,7,11-12,18H,2,4-6,8-9H2,(H,19,23)(H,20,22,24)/t11-,12+/m1/s1. The summed E-state index contributed by atoms with van der Waals surface area (Å²) in [6.07, 6.45) is 0.550. The number of piperidine rings is 1. The number of hydrogen-bond donors (Lipinski definition) is 3. The first kappa shape index (κ1) is 15.9. The van der Waals surface area contributed by atoms with Gasteiger partial charge in [-0.1, -0.05) is 0 Å². The molecule has 8 heteroatoms. The summed E-state index contributed by atoms with van der Waals surface area (Å²) >= 11 is 0. The molecule has 132 valence electrons. The van der Waals surface area contributed by atoms with Crippen LogP contribution in [0.2, 0.25) is 0 Å². The lowest BCUT2D eigenvalue weighted by Gasteiger charge is -2.42. The Labute approximate surface area is 144 Å². The quantitative estimate of drug-likeness (QED) is 0.619. The van der Waals surface area contributed by atoms with Gasteiger partial charge in [-0.25, -0.2) is 0 Å². The van der Waals surface area contributed by atoms with Crippen molar-refractivity contribution in [2.45, 2.75) is 24.9 Å². The van der Waals surface area contributed by atoms with E-state index in [2.05, 4.69) is 20.9 Å². The molecule has 0 saturated carbocycles. The van der Waals surface area contributed by atoms with Gasteiger partial charge in [0.25, 0.3) is 5.91 Å². The number of imide groups is 1. The highest BCUT2D eigenvalue weighted by molar-refractivity contribution is 6.04. The zero-order valence-corrected chi connectivity index (χ0v) is 13.7. The van der Waals surface area contributed by atoms with Crippen LogP contribution in [-0.2, 0) is 9.59 Å². The molecular weight excluding hydrogens is 324 g/mol. The van der Waals surface area contributed by atoms with E-state index >= 15 is 0 Å². The van der Waals surface area contributed by atoms with Crippen molar-refractivity contribution in [3.8, 4) is 5.75 Å². The Bertz CT molecular complexity index is 735. The summed E-state index contributed by atoms with van der Waals surface area (Å²) in [5.74, 6) is -0.414. The Kier molecular flexibility index (Phi) is 4.04. The lowest BCUT2D eigenvalue weighted by Crippen LogP contribution is -2.55. The third-order valence-corrected chi connectivity index (χ3v) is 4.86. The van der Waals surface area contributed by atoms with Crippen LogP contribution < -0.4 is 25.6 Å². The molecule has 8 nitrogen and oxygen atoms in total. The highest BCUT2D eigenvalue weighted by atomic mass is 16.5. The van der Waals surface area contributed by atoms with Crippen molar-refractivity contribution in [2.24, 2.45) is 0 Å². The van der Waals surface area contributed by atoms with E-state index in [1.807, 2.05) is 6.07 Å². The molecule has 3 amide bonds. The zero-order chi connectivity index (χ0) is 17.4. The second-order valence-corrected chi connectivity index (χ2v) is 6.52. The molecule has 3 aliphatic rings. The van der Waals surface area contributed by atoms with Gasteiger partial charge in [0.15, 0.2) is 0 Å². The minimum atomic E-state index is -0.681. The Balaban J connectivity index is 1.49. The lowest BCUT2D eigenvalue weighted by molar-refractivity contribution is -0.134. The predicted molar refractivity (Wildman–Crippen MR) is 89.6 cm³/mol. The van der Waals surface area contributed by atoms with Crippen molar-refractivity contribution in [1.29, 1.82) is 0 Å². The van der Waals surface area contributed by atoms with Gasteiger partial charge in [-0.2, -0.15) is 0 Å². The van der Waals surface area contributed by atoms with E-state index in [4.69, 9.17) is 4.74 Å². The molecule has 0 bridgehead atoms. The molecule has 1 aromatic carbocycles. The number of carbonyl (C=O) groups excluding carboxylic acids is 3. The van der Waals surface area contributed by atoms with Gasteiger partial charge in [0.1, 0.15) is 18.4 Å². The zero-order valence-electron chi connectivity index (χ0n) is 13.7. The fourth-order valence-corrected chi connectivity index (χ4v) is 3.49. The van der Waals surface area contributed by atoms with Crippen LogP contribution >= 0.6 is 0 Å². The summed E-state index contributed by atoms with van der Waals surface area (Å²) < 4.78 is 5.82. The molecule has 1 aromatic rings. The van der Waals surface area contributed by atoms with Crippen molar-refractivity contribution in [3.63, 3.8) is 0 Å². The van der Waals surface area contributed by atoms with Crippen LogP contribution in [0, 0.1) is 0 Å². The highest BCUT2D eigenvalue weighted by Crippen LogP contribution is 2.35. The molecule has 0 unspecified atom stereocenters. The first-order chi connectivity index (χ1) is 12.1. The lowest BCUT2D eigenvalue weighted by atomic mass is 10.0. The summed E-state index contributed by atoms with van der Waals surface area (Å²) in [7, 11) is 0. The first-order valence-corrected chi connectivity index (χ1v) is 8.50. The van der Waals surface area contributed by atoms with Crippen LogP contribution in [0.3, 0.4) is 0 Å². The molecular formula is C17H20N4O4. The van der Waals surface area contributed by atoms with Gasteiger partial charge in [-0.15, -0.1) is 0 Å². The molecule has 2 saturated heterocycles. The Hall–Kier alpha value is -2.61.